The summed E-state index contributed by atoms with van der Waals surface area (Å²) in [5.41, 5.74) is 2.14. The van der Waals surface area contributed by atoms with Gasteiger partial charge in [-0.25, -0.2) is 4.79 Å². The third kappa shape index (κ3) is 2.29. The number of carboxylic acids is 1. The molecule has 80 valence electrons. The van der Waals surface area contributed by atoms with E-state index in [1.807, 2.05) is 13.0 Å². The molecule has 1 aliphatic rings. The lowest BCUT2D eigenvalue weighted by Crippen LogP contribution is -2.10. The predicted octanol–water partition coefficient (Wildman–Crippen LogP) is 2.52. The lowest BCUT2D eigenvalue weighted by atomic mass is 10.1. The number of aromatic carboxylic acids is 1. The fourth-order valence-electron chi connectivity index (χ4n) is 1.65. The highest BCUT2D eigenvalue weighted by atomic mass is 16.4. The van der Waals surface area contributed by atoms with E-state index in [0.717, 1.165) is 23.7 Å². The van der Waals surface area contributed by atoms with E-state index in [-0.39, 0.29) is 0 Å². The summed E-state index contributed by atoms with van der Waals surface area (Å²) in [6.45, 7) is 2.83. The minimum atomic E-state index is -0.864. The van der Waals surface area contributed by atoms with E-state index in [1.165, 1.54) is 12.8 Å². The minimum absolute atomic E-state index is 0.371. The molecule has 0 aromatic heterocycles. The summed E-state index contributed by atoms with van der Waals surface area (Å²) in [7, 11) is 0. The van der Waals surface area contributed by atoms with Crippen LogP contribution in [0, 0.1) is 12.8 Å². The molecule has 2 N–H and O–H groups in total. The van der Waals surface area contributed by atoms with Crippen molar-refractivity contribution in [2.45, 2.75) is 19.8 Å². The highest BCUT2D eigenvalue weighted by Gasteiger charge is 2.22. The van der Waals surface area contributed by atoms with Crippen LogP contribution in [0.3, 0.4) is 0 Å². The van der Waals surface area contributed by atoms with Gasteiger partial charge in [-0.3, -0.25) is 0 Å². The molecular weight excluding hydrogens is 190 g/mol. The molecule has 1 saturated carbocycles. The highest BCUT2D eigenvalue weighted by molar-refractivity contribution is 5.95. The molecule has 0 heterocycles. The van der Waals surface area contributed by atoms with Crippen LogP contribution in [0.1, 0.15) is 28.8 Å². The molecule has 1 fully saturated rings. The number of nitrogens with one attached hydrogen (secondary N) is 1. The maximum Gasteiger partial charge on any atom is 0.337 e. The van der Waals surface area contributed by atoms with Crippen LogP contribution in [0.2, 0.25) is 0 Å². The Morgan fingerprint density at radius 3 is 2.87 bits per heavy atom. The Kier molecular flexibility index (Phi) is 2.62. The van der Waals surface area contributed by atoms with Crippen LogP contribution >= 0.6 is 0 Å². The van der Waals surface area contributed by atoms with Gasteiger partial charge in [0.25, 0.3) is 0 Å². The first-order valence-corrected chi connectivity index (χ1v) is 5.25. The van der Waals surface area contributed by atoms with Crippen LogP contribution in [-0.4, -0.2) is 17.6 Å². The number of carbonyl (C=O) groups is 1. The number of carboxylic acid groups (broad SMARTS) is 1. The summed E-state index contributed by atoms with van der Waals surface area (Å²) in [4.78, 5) is 11.0. The monoisotopic (exact) mass is 205 g/mol. The van der Waals surface area contributed by atoms with E-state index >= 15 is 0 Å². The standard InChI is InChI=1S/C12H15NO2/c1-8-3-2-4-10(12(14)15)11(8)13-7-9-5-6-9/h2-4,9,13H,5-7H2,1H3,(H,14,15). The number of aryl methyl sites for hydroxylation is 1. The molecule has 0 radical (unpaired) electrons. The molecule has 3 nitrogen and oxygen atoms in total. The number of para-hydroxylation sites is 1. The van der Waals surface area contributed by atoms with Gasteiger partial charge in [-0.05, 0) is 37.3 Å². The fraction of sp³-hybridized carbons (Fsp3) is 0.417. The zero-order valence-electron chi connectivity index (χ0n) is 8.79. The van der Waals surface area contributed by atoms with Crippen LogP contribution in [0.4, 0.5) is 5.69 Å². The summed E-state index contributed by atoms with van der Waals surface area (Å²) >= 11 is 0. The molecule has 0 aliphatic heterocycles. The third-order valence-electron chi connectivity index (χ3n) is 2.77. The van der Waals surface area contributed by atoms with Crippen molar-refractivity contribution in [3.63, 3.8) is 0 Å². The van der Waals surface area contributed by atoms with Gasteiger partial charge >= 0.3 is 5.97 Å². The van der Waals surface area contributed by atoms with Gasteiger partial charge in [0.2, 0.25) is 0 Å². The molecule has 0 amide bonds. The minimum Gasteiger partial charge on any atom is -0.478 e. The summed E-state index contributed by atoms with van der Waals surface area (Å²) in [6, 6.07) is 5.35. The normalized spacial score (nSPS) is 15.0. The number of anilines is 1. The van der Waals surface area contributed by atoms with Crippen molar-refractivity contribution in [1.82, 2.24) is 0 Å². The SMILES string of the molecule is Cc1cccc(C(=O)O)c1NCC1CC1. The highest BCUT2D eigenvalue weighted by Crippen LogP contribution is 2.30. The van der Waals surface area contributed by atoms with Crippen molar-refractivity contribution in [2.24, 2.45) is 5.92 Å². The van der Waals surface area contributed by atoms with E-state index in [1.54, 1.807) is 12.1 Å². The van der Waals surface area contributed by atoms with Crippen molar-refractivity contribution in [3.8, 4) is 0 Å². The maximum absolute atomic E-state index is 11.0. The maximum atomic E-state index is 11.0. The van der Waals surface area contributed by atoms with Crippen LogP contribution in [0.15, 0.2) is 18.2 Å². The first kappa shape index (κ1) is 10.0. The molecule has 0 atom stereocenters. The zero-order chi connectivity index (χ0) is 10.8. The number of hydrogen-bond acceptors (Lipinski definition) is 2. The number of hydrogen-bond donors (Lipinski definition) is 2. The smallest absolute Gasteiger partial charge is 0.337 e. The lowest BCUT2D eigenvalue weighted by molar-refractivity contribution is 0.0698. The van der Waals surface area contributed by atoms with Gasteiger partial charge in [0.1, 0.15) is 0 Å². The summed E-state index contributed by atoms with van der Waals surface area (Å²) in [5, 5.41) is 12.3. The Balaban J connectivity index is 2.20. The number of benzene rings is 1. The summed E-state index contributed by atoms with van der Waals surface area (Å²) in [5.74, 6) is -0.122. The van der Waals surface area contributed by atoms with Crippen molar-refractivity contribution in [1.29, 1.82) is 0 Å². The molecule has 1 aromatic rings. The van der Waals surface area contributed by atoms with E-state index < -0.39 is 5.97 Å². The van der Waals surface area contributed by atoms with Gasteiger partial charge in [-0.1, -0.05) is 12.1 Å². The van der Waals surface area contributed by atoms with Crippen LogP contribution < -0.4 is 5.32 Å². The average molecular weight is 205 g/mol. The topological polar surface area (TPSA) is 49.3 Å². The summed E-state index contributed by atoms with van der Waals surface area (Å²) < 4.78 is 0. The first-order chi connectivity index (χ1) is 7.18. The van der Waals surface area contributed by atoms with Gasteiger partial charge in [0.15, 0.2) is 0 Å². The van der Waals surface area contributed by atoms with Crippen molar-refractivity contribution in [3.05, 3.63) is 29.3 Å². The van der Waals surface area contributed by atoms with Crippen molar-refractivity contribution < 1.29 is 9.90 Å². The molecule has 0 unspecified atom stereocenters. The molecule has 2 rings (SSSR count). The quantitative estimate of drug-likeness (QED) is 0.794. The van der Waals surface area contributed by atoms with E-state index in [4.69, 9.17) is 5.11 Å². The van der Waals surface area contributed by atoms with Crippen molar-refractivity contribution in [2.75, 3.05) is 11.9 Å². The molecule has 1 aliphatic carbocycles. The fourth-order valence-corrected chi connectivity index (χ4v) is 1.65. The largest absolute Gasteiger partial charge is 0.478 e. The van der Waals surface area contributed by atoms with Crippen LogP contribution in [0.5, 0.6) is 0 Å². The second-order valence-corrected chi connectivity index (χ2v) is 4.13. The molecule has 15 heavy (non-hydrogen) atoms. The second kappa shape index (κ2) is 3.93. The Labute approximate surface area is 89.1 Å². The second-order valence-electron chi connectivity index (χ2n) is 4.13. The number of rotatable bonds is 4. The molecule has 0 spiro atoms. The third-order valence-corrected chi connectivity index (χ3v) is 2.77. The van der Waals surface area contributed by atoms with Gasteiger partial charge in [-0.2, -0.15) is 0 Å². The molecule has 1 aromatic carbocycles. The molecular formula is C12H15NO2. The average Bonchev–Trinajstić information content (AvgIpc) is 2.99. The first-order valence-electron chi connectivity index (χ1n) is 5.25. The Bertz CT molecular complexity index is 383. The van der Waals surface area contributed by atoms with Gasteiger partial charge in [-0.15, -0.1) is 0 Å². The lowest BCUT2D eigenvalue weighted by Gasteiger charge is -2.11. The molecule has 3 heteroatoms. The summed E-state index contributed by atoms with van der Waals surface area (Å²) in [6.07, 6.45) is 2.53. The van der Waals surface area contributed by atoms with E-state index in [2.05, 4.69) is 5.32 Å². The van der Waals surface area contributed by atoms with E-state index in [0.29, 0.717) is 5.56 Å². The Hall–Kier alpha value is -1.51. The molecule has 0 bridgehead atoms. The van der Waals surface area contributed by atoms with Crippen LogP contribution in [-0.2, 0) is 0 Å². The van der Waals surface area contributed by atoms with Gasteiger partial charge in [0.05, 0.1) is 11.3 Å². The van der Waals surface area contributed by atoms with E-state index in [9.17, 15) is 4.79 Å². The Morgan fingerprint density at radius 2 is 2.27 bits per heavy atom. The molecule has 0 saturated heterocycles. The predicted molar refractivity (Wildman–Crippen MR) is 59.4 cm³/mol. The van der Waals surface area contributed by atoms with Gasteiger partial charge in [0, 0.05) is 6.54 Å². The van der Waals surface area contributed by atoms with Crippen molar-refractivity contribution >= 4 is 11.7 Å². The zero-order valence-corrected chi connectivity index (χ0v) is 8.79. The van der Waals surface area contributed by atoms with Gasteiger partial charge < -0.3 is 10.4 Å². The van der Waals surface area contributed by atoms with Crippen LogP contribution in [0.25, 0.3) is 0 Å². The Morgan fingerprint density at radius 1 is 1.53 bits per heavy atom.